The number of H-pyrrole nitrogens is 1. The number of rotatable bonds is 5. The van der Waals surface area contributed by atoms with E-state index in [1.54, 1.807) is 30.5 Å². The smallest absolute Gasteiger partial charge is 0.276 e. The molecule has 1 fully saturated rings. The minimum Gasteiger partial charge on any atom is -0.370 e. The molecule has 6 rings (SSSR count). The molecule has 37 heavy (non-hydrogen) atoms. The van der Waals surface area contributed by atoms with E-state index in [9.17, 15) is 9.18 Å². The molecule has 0 saturated carbocycles. The molecule has 1 aliphatic heterocycles. The molecule has 184 valence electrons. The summed E-state index contributed by atoms with van der Waals surface area (Å²) in [5.74, 6) is -0.632. The predicted molar refractivity (Wildman–Crippen MR) is 143 cm³/mol. The fraction of sp³-hybridized carbons (Fsp3) is 0.172. The second-order valence-corrected chi connectivity index (χ2v) is 9.21. The number of hydrogen-bond donors (Lipinski definition) is 2. The van der Waals surface area contributed by atoms with Gasteiger partial charge in [0.05, 0.1) is 35.0 Å². The number of halogens is 1. The van der Waals surface area contributed by atoms with Gasteiger partial charge in [0.2, 0.25) is 0 Å². The molecule has 7 nitrogen and oxygen atoms in total. The van der Waals surface area contributed by atoms with Crippen molar-refractivity contribution in [1.29, 1.82) is 0 Å². The van der Waals surface area contributed by atoms with Crippen LogP contribution in [-0.2, 0) is 0 Å². The fourth-order valence-electron chi connectivity index (χ4n) is 4.73. The number of carbonyl (C=O) groups excluding carboxylic acids is 1. The first kappa shape index (κ1) is 22.8. The van der Waals surface area contributed by atoms with Crippen molar-refractivity contribution in [2.45, 2.75) is 19.3 Å². The Labute approximate surface area is 213 Å². The van der Waals surface area contributed by atoms with Gasteiger partial charge in [0.15, 0.2) is 5.69 Å². The zero-order chi connectivity index (χ0) is 25.2. The molecule has 5 aromatic rings. The highest BCUT2D eigenvalue weighted by molar-refractivity contribution is 6.11. The Morgan fingerprint density at radius 2 is 1.68 bits per heavy atom. The Morgan fingerprint density at radius 1 is 0.865 bits per heavy atom. The maximum Gasteiger partial charge on any atom is 0.276 e. The third-order valence-corrected chi connectivity index (χ3v) is 6.72. The summed E-state index contributed by atoms with van der Waals surface area (Å²) in [6.45, 7) is 2.10. The number of aromatic amines is 1. The minimum absolute atomic E-state index is 0.298. The lowest BCUT2D eigenvalue weighted by atomic mass is 10.0. The van der Waals surface area contributed by atoms with E-state index in [-0.39, 0.29) is 11.7 Å². The monoisotopic (exact) mass is 492 g/mol. The standard InChI is InChI=1S/C29H25FN6O/c30-22-7-4-19(5-8-22)26-11-9-23(17-32-26)33-29(37)28-25-15-20(6-10-27(25)34-35-28)21-14-24(18-31-16-21)36-12-2-1-3-13-36/h4-11,14-18H,1-3,12-13H2,(H,33,37)(H,34,35). The van der Waals surface area contributed by atoms with Gasteiger partial charge in [0.1, 0.15) is 5.82 Å². The molecule has 2 N–H and O–H groups in total. The molecule has 0 radical (unpaired) electrons. The van der Waals surface area contributed by atoms with Crippen molar-refractivity contribution in [3.05, 3.63) is 90.8 Å². The molecule has 8 heteroatoms. The molecule has 1 saturated heterocycles. The first-order valence-corrected chi connectivity index (χ1v) is 12.4. The van der Waals surface area contributed by atoms with Crippen LogP contribution < -0.4 is 10.2 Å². The largest absolute Gasteiger partial charge is 0.370 e. The fourth-order valence-corrected chi connectivity index (χ4v) is 4.73. The second-order valence-electron chi connectivity index (χ2n) is 9.21. The summed E-state index contributed by atoms with van der Waals surface area (Å²) in [6.07, 6.45) is 9.03. The van der Waals surface area contributed by atoms with E-state index in [1.165, 1.54) is 31.4 Å². The van der Waals surface area contributed by atoms with Crippen LogP contribution in [0.2, 0.25) is 0 Å². The average molecular weight is 493 g/mol. The summed E-state index contributed by atoms with van der Waals surface area (Å²) in [5, 5.41) is 10.8. The summed E-state index contributed by atoms with van der Waals surface area (Å²) >= 11 is 0. The molecule has 0 spiro atoms. The van der Waals surface area contributed by atoms with Crippen LogP contribution in [0.1, 0.15) is 29.8 Å². The zero-order valence-electron chi connectivity index (χ0n) is 20.1. The maximum atomic E-state index is 13.2. The number of hydrogen-bond acceptors (Lipinski definition) is 5. The van der Waals surface area contributed by atoms with Gasteiger partial charge < -0.3 is 10.2 Å². The van der Waals surface area contributed by atoms with Crippen molar-refractivity contribution < 1.29 is 9.18 Å². The van der Waals surface area contributed by atoms with E-state index in [1.807, 2.05) is 30.6 Å². The van der Waals surface area contributed by atoms with Crippen molar-refractivity contribution in [3.63, 3.8) is 0 Å². The Kier molecular flexibility index (Phi) is 6.06. The molecule has 4 heterocycles. The highest BCUT2D eigenvalue weighted by Gasteiger charge is 2.17. The van der Waals surface area contributed by atoms with Gasteiger partial charge in [-0.25, -0.2) is 4.39 Å². The van der Waals surface area contributed by atoms with Gasteiger partial charge in [-0.1, -0.05) is 6.07 Å². The number of nitrogens with one attached hydrogen (secondary N) is 2. The average Bonchev–Trinajstić information content (AvgIpc) is 3.38. The van der Waals surface area contributed by atoms with Crippen LogP contribution in [-0.4, -0.2) is 39.2 Å². The molecule has 0 unspecified atom stereocenters. The maximum absolute atomic E-state index is 13.2. The molecule has 0 atom stereocenters. The summed E-state index contributed by atoms with van der Waals surface area (Å²) < 4.78 is 13.2. The van der Waals surface area contributed by atoms with Crippen LogP contribution >= 0.6 is 0 Å². The highest BCUT2D eigenvalue weighted by Crippen LogP contribution is 2.29. The van der Waals surface area contributed by atoms with Gasteiger partial charge in [0.25, 0.3) is 5.91 Å². The topological polar surface area (TPSA) is 86.8 Å². The van der Waals surface area contributed by atoms with E-state index >= 15 is 0 Å². The SMILES string of the molecule is O=C(Nc1ccc(-c2ccc(F)cc2)nc1)c1n[nH]c2ccc(-c3cncc(N4CCCCC4)c3)cc12. The molecule has 2 aromatic carbocycles. The normalized spacial score (nSPS) is 13.6. The van der Waals surface area contributed by atoms with Crippen molar-refractivity contribution in [2.75, 3.05) is 23.3 Å². The zero-order valence-corrected chi connectivity index (χ0v) is 20.1. The van der Waals surface area contributed by atoms with Crippen LogP contribution in [0, 0.1) is 5.82 Å². The van der Waals surface area contributed by atoms with Crippen LogP contribution in [0.3, 0.4) is 0 Å². The number of pyridine rings is 2. The second kappa shape index (κ2) is 9.81. The lowest BCUT2D eigenvalue weighted by molar-refractivity contribution is 0.102. The summed E-state index contributed by atoms with van der Waals surface area (Å²) in [5.41, 5.74) is 6.20. The van der Waals surface area contributed by atoms with Gasteiger partial charge in [0, 0.05) is 35.8 Å². The van der Waals surface area contributed by atoms with Crippen LogP contribution in [0.25, 0.3) is 33.3 Å². The van der Waals surface area contributed by atoms with Crippen LogP contribution in [0.4, 0.5) is 15.8 Å². The summed E-state index contributed by atoms with van der Waals surface area (Å²) in [6, 6.07) is 17.7. The number of anilines is 2. The number of aromatic nitrogens is 4. The number of amides is 1. The van der Waals surface area contributed by atoms with Crippen molar-refractivity contribution >= 4 is 28.2 Å². The van der Waals surface area contributed by atoms with Crippen LogP contribution in [0.15, 0.2) is 79.3 Å². The minimum atomic E-state index is -0.333. The molecule has 3 aromatic heterocycles. The summed E-state index contributed by atoms with van der Waals surface area (Å²) in [4.78, 5) is 24.4. The number of nitrogens with zero attached hydrogens (tertiary/aromatic N) is 4. The number of carbonyl (C=O) groups is 1. The van der Waals surface area contributed by atoms with Crippen molar-refractivity contribution in [2.24, 2.45) is 0 Å². The van der Waals surface area contributed by atoms with Gasteiger partial charge >= 0.3 is 0 Å². The lowest BCUT2D eigenvalue weighted by Crippen LogP contribution is -2.29. The van der Waals surface area contributed by atoms with E-state index < -0.39 is 0 Å². The van der Waals surface area contributed by atoms with E-state index in [4.69, 9.17) is 0 Å². The molecular weight excluding hydrogens is 467 g/mol. The first-order chi connectivity index (χ1) is 18.1. The van der Waals surface area contributed by atoms with E-state index in [0.717, 1.165) is 46.4 Å². The van der Waals surface area contributed by atoms with Crippen molar-refractivity contribution in [3.8, 4) is 22.4 Å². The molecule has 1 aliphatic rings. The third kappa shape index (κ3) is 4.78. The molecule has 0 bridgehead atoms. The van der Waals surface area contributed by atoms with E-state index in [0.29, 0.717) is 17.1 Å². The number of fused-ring (bicyclic) bond motifs is 1. The van der Waals surface area contributed by atoms with Gasteiger partial charge in [-0.05, 0) is 79.4 Å². The number of benzene rings is 2. The Bertz CT molecular complexity index is 1560. The van der Waals surface area contributed by atoms with Crippen LogP contribution in [0.5, 0.6) is 0 Å². The van der Waals surface area contributed by atoms with Gasteiger partial charge in [-0.2, -0.15) is 5.10 Å². The quantitative estimate of drug-likeness (QED) is 0.311. The van der Waals surface area contributed by atoms with E-state index in [2.05, 4.69) is 36.4 Å². The molecule has 1 amide bonds. The Morgan fingerprint density at radius 3 is 2.46 bits per heavy atom. The first-order valence-electron chi connectivity index (χ1n) is 12.4. The highest BCUT2D eigenvalue weighted by atomic mass is 19.1. The Hall–Kier alpha value is -4.59. The predicted octanol–water partition coefficient (Wildman–Crippen LogP) is 6.07. The van der Waals surface area contributed by atoms with Gasteiger partial charge in [-0.15, -0.1) is 0 Å². The molecular formula is C29H25FN6O. The Balaban J connectivity index is 1.23. The lowest BCUT2D eigenvalue weighted by Gasteiger charge is -2.28. The van der Waals surface area contributed by atoms with Crippen molar-refractivity contribution in [1.82, 2.24) is 20.2 Å². The summed E-state index contributed by atoms with van der Waals surface area (Å²) in [7, 11) is 0. The number of piperidine rings is 1. The third-order valence-electron chi connectivity index (χ3n) is 6.72. The molecule has 0 aliphatic carbocycles. The van der Waals surface area contributed by atoms with Gasteiger partial charge in [-0.3, -0.25) is 19.9 Å².